The third-order valence-corrected chi connectivity index (χ3v) is 4.43. The first kappa shape index (κ1) is 19.7. The molecule has 2 rings (SSSR count). The second kappa shape index (κ2) is 9.75. The Balaban J connectivity index is 1.84. The van der Waals surface area contributed by atoms with Crippen molar-refractivity contribution in [3.05, 3.63) is 34.9 Å². The van der Waals surface area contributed by atoms with Crippen molar-refractivity contribution >= 4 is 23.4 Å². The van der Waals surface area contributed by atoms with Crippen molar-refractivity contribution in [3.8, 4) is 0 Å². The van der Waals surface area contributed by atoms with E-state index in [1.807, 2.05) is 13.8 Å². The number of ether oxygens (including phenoxy) is 1. The van der Waals surface area contributed by atoms with Crippen LogP contribution in [0.3, 0.4) is 0 Å². The van der Waals surface area contributed by atoms with Crippen molar-refractivity contribution in [3.63, 3.8) is 0 Å². The molecule has 1 unspecified atom stereocenters. The van der Waals surface area contributed by atoms with Gasteiger partial charge in [0.25, 0.3) is 5.91 Å². The zero-order valence-electron chi connectivity index (χ0n) is 14.8. The molecule has 0 spiro atoms. The molecule has 0 aromatic heterocycles. The Hall–Kier alpha value is -1.63. The summed E-state index contributed by atoms with van der Waals surface area (Å²) in [4.78, 5) is 27.0. The molecule has 2 amide bonds. The van der Waals surface area contributed by atoms with Gasteiger partial charge in [0, 0.05) is 36.8 Å². The fourth-order valence-electron chi connectivity index (χ4n) is 2.63. The number of carbonyl (C=O) groups is 2. The van der Waals surface area contributed by atoms with E-state index in [-0.39, 0.29) is 17.7 Å². The summed E-state index contributed by atoms with van der Waals surface area (Å²) in [6, 6.07) is 6.02. The summed E-state index contributed by atoms with van der Waals surface area (Å²) in [5.74, 6) is -0.455. The van der Waals surface area contributed by atoms with Crippen LogP contribution in [0, 0.1) is 5.92 Å². The number of halogens is 1. The predicted molar refractivity (Wildman–Crippen MR) is 97.8 cm³/mol. The zero-order chi connectivity index (χ0) is 18.2. The Morgan fingerprint density at radius 1 is 1.20 bits per heavy atom. The largest absolute Gasteiger partial charge is 0.379 e. The number of amides is 2. The highest BCUT2D eigenvalue weighted by molar-refractivity contribution is 6.30. The van der Waals surface area contributed by atoms with Gasteiger partial charge in [0.2, 0.25) is 5.91 Å². The zero-order valence-corrected chi connectivity index (χ0v) is 15.5. The predicted octanol–water partition coefficient (Wildman–Crippen LogP) is 1.54. The van der Waals surface area contributed by atoms with Gasteiger partial charge in [0.1, 0.15) is 6.04 Å². The first-order valence-corrected chi connectivity index (χ1v) is 8.99. The molecule has 6 nitrogen and oxygen atoms in total. The fraction of sp³-hybridized carbons (Fsp3) is 0.556. The highest BCUT2D eigenvalue weighted by Crippen LogP contribution is 2.10. The Morgan fingerprint density at radius 3 is 2.44 bits per heavy atom. The first-order chi connectivity index (χ1) is 12.0. The molecule has 1 saturated heterocycles. The number of nitrogens with zero attached hydrogens (tertiary/aromatic N) is 1. The lowest BCUT2D eigenvalue weighted by Crippen LogP contribution is -2.51. The lowest BCUT2D eigenvalue weighted by Gasteiger charge is -2.27. The van der Waals surface area contributed by atoms with Crippen molar-refractivity contribution in [2.75, 3.05) is 39.4 Å². The van der Waals surface area contributed by atoms with Crippen LogP contribution >= 0.6 is 11.6 Å². The lowest BCUT2D eigenvalue weighted by atomic mass is 10.0. The van der Waals surface area contributed by atoms with Crippen molar-refractivity contribution in [2.24, 2.45) is 5.92 Å². The van der Waals surface area contributed by atoms with Crippen LogP contribution < -0.4 is 10.6 Å². The number of hydrogen-bond acceptors (Lipinski definition) is 4. The van der Waals surface area contributed by atoms with Crippen LogP contribution in [0.25, 0.3) is 0 Å². The SMILES string of the molecule is CC(C)C(NC(=O)c1ccc(Cl)cc1)C(=O)NCCN1CCOCC1. The van der Waals surface area contributed by atoms with Gasteiger partial charge in [0.05, 0.1) is 13.2 Å². The van der Waals surface area contributed by atoms with E-state index in [4.69, 9.17) is 16.3 Å². The van der Waals surface area contributed by atoms with Gasteiger partial charge in [-0.25, -0.2) is 0 Å². The molecule has 138 valence electrons. The van der Waals surface area contributed by atoms with E-state index in [1.165, 1.54) is 0 Å². The molecule has 1 atom stereocenters. The first-order valence-electron chi connectivity index (χ1n) is 8.61. The van der Waals surface area contributed by atoms with Crippen LogP contribution in [-0.4, -0.2) is 62.1 Å². The monoisotopic (exact) mass is 367 g/mol. The number of carbonyl (C=O) groups excluding carboxylic acids is 2. The van der Waals surface area contributed by atoms with Crippen molar-refractivity contribution in [1.29, 1.82) is 0 Å². The van der Waals surface area contributed by atoms with Crippen molar-refractivity contribution in [2.45, 2.75) is 19.9 Å². The number of rotatable bonds is 7. The van der Waals surface area contributed by atoms with Gasteiger partial charge < -0.3 is 15.4 Å². The van der Waals surface area contributed by atoms with Gasteiger partial charge in [-0.1, -0.05) is 25.4 Å². The molecule has 0 radical (unpaired) electrons. The third-order valence-electron chi connectivity index (χ3n) is 4.17. The molecule has 0 saturated carbocycles. The van der Waals surface area contributed by atoms with Gasteiger partial charge in [-0.05, 0) is 30.2 Å². The number of hydrogen-bond donors (Lipinski definition) is 2. The maximum atomic E-state index is 12.5. The molecule has 0 bridgehead atoms. The van der Waals surface area contributed by atoms with Crippen LogP contribution in [0.2, 0.25) is 5.02 Å². The lowest BCUT2D eigenvalue weighted by molar-refractivity contribution is -0.124. The minimum absolute atomic E-state index is 0.0142. The van der Waals surface area contributed by atoms with Crippen molar-refractivity contribution in [1.82, 2.24) is 15.5 Å². The summed E-state index contributed by atoms with van der Waals surface area (Å²) >= 11 is 5.84. The van der Waals surface area contributed by atoms with E-state index in [1.54, 1.807) is 24.3 Å². The number of morpholine rings is 1. The summed E-state index contributed by atoms with van der Waals surface area (Å²) in [7, 11) is 0. The molecule has 2 N–H and O–H groups in total. The van der Waals surface area contributed by atoms with E-state index >= 15 is 0 Å². The van der Waals surface area contributed by atoms with Crippen LogP contribution in [0.5, 0.6) is 0 Å². The highest BCUT2D eigenvalue weighted by atomic mass is 35.5. The quantitative estimate of drug-likeness (QED) is 0.767. The van der Waals surface area contributed by atoms with E-state index in [0.717, 1.165) is 32.8 Å². The van der Waals surface area contributed by atoms with E-state index in [9.17, 15) is 9.59 Å². The van der Waals surface area contributed by atoms with Gasteiger partial charge in [-0.3, -0.25) is 14.5 Å². The Morgan fingerprint density at radius 2 is 1.84 bits per heavy atom. The number of benzene rings is 1. The topological polar surface area (TPSA) is 70.7 Å². The molecule has 1 fully saturated rings. The molecular weight excluding hydrogens is 342 g/mol. The molecule has 25 heavy (non-hydrogen) atoms. The molecular formula is C18H26ClN3O3. The standard InChI is InChI=1S/C18H26ClN3O3/c1-13(2)16(21-17(23)14-3-5-15(19)6-4-14)18(24)20-7-8-22-9-11-25-12-10-22/h3-6,13,16H,7-12H2,1-2H3,(H,20,24)(H,21,23). The summed E-state index contributed by atoms with van der Waals surface area (Å²) in [6.45, 7) is 8.40. The van der Waals surface area contributed by atoms with E-state index in [0.29, 0.717) is 17.1 Å². The molecule has 7 heteroatoms. The van der Waals surface area contributed by atoms with Crippen LogP contribution in [0.1, 0.15) is 24.2 Å². The summed E-state index contributed by atoms with van der Waals surface area (Å²) in [6.07, 6.45) is 0. The second-order valence-corrected chi connectivity index (χ2v) is 6.88. The Labute approximate surface area is 153 Å². The summed E-state index contributed by atoms with van der Waals surface area (Å²) in [5.41, 5.74) is 0.483. The Bertz CT molecular complexity index is 571. The van der Waals surface area contributed by atoms with Crippen molar-refractivity contribution < 1.29 is 14.3 Å². The normalized spacial score (nSPS) is 16.5. The molecule has 1 aliphatic heterocycles. The van der Waals surface area contributed by atoms with Crippen LogP contribution in [0.4, 0.5) is 0 Å². The molecule has 1 aromatic rings. The maximum absolute atomic E-state index is 12.5. The minimum atomic E-state index is -0.576. The van der Waals surface area contributed by atoms with Crippen LogP contribution in [-0.2, 0) is 9.53 Å². The highest BCUT2D eigenvalue weighted by Gasteiger charge is 2.24. The molecule has 1 aliphatic rings. The maximum Gasteiger partial charge on any atom is 0.251 e. The third kappa shape index (κ3) is 6.30. The molecule has 1 heterocycles. The molecule has 0 aliphatic carbocycles. The van der Waals surface area contributed by atoms with Gasteiger partial charge in [0.15, 0.2) is 0 Å². The Kier molecular flexibility index (Phi) is 7.68. The second-order valence-electron chi connectivity index (χ2n) is 6.45. The molecule has 1 aromatic carbocycles. The smallest absolute Gasteiger partial charge is 0.251 e. The van der Waals surface area contributed by atoms with E-state index in [2.05, 4.69) is 15.5 Å². The van der Waals surface area contributed by atoms with Gasteiger partial charge in [-0.2, -0.15) is 0 Å². The van der Waals surface area contributed by atoms with Gasteiger partial charge >= 0.3 is 0 Å². The van der Waals surface area contributed by atoms with Gasteiger partial charge in [-0.15, -0.1) is 0 Å². The number of nitrogens with one attached hydrogen (secondary N) is 2. The van der Waals surface area contributed by atoms with E-state index < -0.39 is 6.04 Å². The summed E-state index contributed by atoms with van der Waals surface area (Å²) < 4.78 is 5.31. The average Bonchev–Trinajstić information content (AvgIpc) is 2.60. The van der Waals surface area contributed by atoms with Crippen LogP contribution in [0.15, 0.2) is 24.3 Å². The fourth-order valence-corrected chi connectivity index (χ4v) is 2.76. The minimum Gasteiger partial charge on any atom is -0.379 e. The summed E-state index contributed by atoms with van der Waals surface area (Å²) in [5, 5.41) is 6.30. The average molecular weight is 368 g/mol.